The highest BCUT2D eigenvalue weighted by Crippen LogP contribution is 2.33. The molecule has 0 atom stereocenters. The molecule has 0 saturated carbocycles. The minimum absolute atomic E-state index is 0.0240. The van der Waals surface area contributed by atoms with Crippen molar-refractivity contribution in [3.63, 3.8) is 0 Å². The van der Waals surface area contributed by atoms with Crippen molar-refractivity contribution in [3.8, 4) is 5.82 Å². The van der Waals surface area contributed by atoms with E-state index in [-0.39, 0.29) is 22.6 Å². The monoisotopic (exact) mass is 339 g/mol. The van der Waals surface area contributed by atoms with Gasteiger partial charge in [0.05, 0.1) is 22.9 Å². The predicted molar refractivity (Wildman–Crippen MR) is 71.7 cm³/mol. The second-order valence-electron chi connectivity index (χ2n) is 4.17. The zero-order valence-electron chi connectivity index (χ0n) is 10.7. The second-order valence-corrected chi connectivity index (χ2v) is 4.93. The van der Waals surface area contributed by atoms with Gasteiger partial charge in [0, 0.05) is 11.8 Å². The molecule has 9 heteroatoms. The van der Waals surface area contributed by atoms with Crippen molar-refractivity contribution in [3.05, 3.63) is 39.3 Å². The fraction of sp³-hybridized carbons (Fsp3) is 0.333. The van der Waals surface area contributed by atoms with Gasteiger partial charge in [0.2, 0.25) is 0 Å². The van der Waals surface area contributed by atoms with Crippen molar-refractivity contribution in [2.24, 2.45) is 0 Å². The lowest BCUT2D eigenvalue weighted by Gasteiger charge is -2.09. The van der Waals surface area contributed by atoms with Crippen LogP contribution in [-0.4, -0.2) is 19.9 Å². The number of nitrogens with zero attached hydrogens (tertiary/aromatic N) is 3. The van der Waals surface area contributed by atoms with Crippen LogP contribution in [0.1, 0.15) is 23.7 Å². The standard InChI is InChI=1S/C12H10Cl2F3N3O/c1-2-9-7(5-21)10(14)20(19-9)11-8(13)3-6(4-18-11)12(15,16)17/h3-4,21H,2,5H2,1H3. The molecule has 1 N–H and O–H groups in total. The van der Waals surface area contributed by atoms with Gasteiger partial charge in [-0.3, -0.25) is 0 Å². The largest absolute Gasteiger partial charge is 0.417 e. The summed E-state index contributed by atoms with van der Waals surface area (Å²) in [4.78, 5) is 3.68. The van der Waals surface area contributed by atoms with Gasteiger partial charge in [-0.25, -0.2) is 9.67 Å². The van der Waals surface area contributed by atoms with E-state index in [4.69, 9.17) is 23.2 Å². The smallest absolute Gasteiger partial charge is 0.391 e. The molecule has 0 saturated heterocycles. The van der Waals surface area contributed by atoms with Crippen LogP contribution in [0, 0.1) is 0 Å². The topological polar surface area (TPSA) is 50.9 Å². The zero-order chi connectivity index (χ0) is 15.8. The molecule has 0 radical (unpaired) electrons. The van der Waals surface area contributed by atoms with Gasteiger partial charge in [-0.1, -0.05) is 30.1 Å². The van der Waals surface area contributed by atoms with Crippen molar-refractivity contribution in [2.45, 2.75) is 26.1 Å². The molecule has 0 aromatic carbocycles. The summed E-state index contributed by atoms with van der Waals surface area (Å²) in [5, 5.41) is 13.2. The Morgan fingerprint density at radius 3 is 2.43 bits per heavy atom. The number of aliphatic hydroxyl groups excluding tert-OH is 1. The van der Waals surface area contributed by atoms with Gasteiger partial charge < -0.3 is 5.11 Å². The number of aromatic nitrogens is 3. The van der Waals surface area contributed by atoms with Crippen LogP contribution in [0.3, 0.4) is 0 Å². The van der Waals surface area contributed by atoms with Crippen LogP contribution in [0.5, 0.6) is 0 Å². The lowest BCUT2D eigenvalue weighted by atomic mass is 10.2. The molecule has 2 rings (SSSR count). The molecule has 0 bridgehead atoms. The molecule has 0 amide bonds. The first-order valence-electron chi connectivity index (χ1n) is 5.89. The second kappa shape index (κ2) is 5.82. The van der Waals surface area contributed by atoms with Gasteiger partial charge in [-0.2, -0.15) is 18.3 Å². The lowest BCUT2D eigenvalue weighted by Crippen LogP contribution is -2.08. The van der Waals surface area contributed by atoms with Gasteiger partial charge in [-0.05, 0) is 12.5 Å². The molecule has 0 fully saturated rings. The van der Waals surface area contributed by atoms with E-state index in [1.807, 2.05) is 6.92 Å². The third-order valence-corrected chi connectivity index (χ3v) is 3.51. The van der Waals surface area contributed by atoms with Crippen molar-refractivity contribution in [1.29, 1.82) is 0 Å². The van der Waals surface area contributed by atoms with E-state index in [1.165, 1.54) is 0 Å². The Balaban J connectivity index is 2.55. The summed E-state index contributed by atoms with van der Waals surface area (Å²) >= 11 is 11.9. The van der Waals surface area contributed by atoms with Crippen molar-refractivity contribution in [1.82, 2.24) is 14.8 Å². The van der Waals surface area contributed by atoms with E-state index in [0.717, 1.165) is 10.7 Å². The maximum Gasteiger partial charge on any atom is 0.417 e. The lowest BCUT2D eigenvalue weighted by molar-refractivity contribution is -0.137. The van der Waals surface area contributed by atoms with Crippen LogP contribution >= 0.6 is 23.2 Å². The fourth-order valence-electron chi connectivity index (χ4n) is 1.79. The number of aryl methyl sites for hydroxylation is 1. The molecule has 0 unspecified atom stereocenters. The Labute approximate surface area is 128 Å². The maximum absolute atomic E-state index is 12.6. The van der Waals surface area contributed by atoms with E-state index in [1.54, 1.807) is 0 Å². The van der Waals surface area contributed by atoms with Crippen LogP contribution < -0.4 is 0 Å². The van der Waals surface area contributed by atoms with Gasteiger partial charge in [0.1, 0.15) is 5.15 Å². The predicted octanol–water partition coefficient (Wildman–Crippen LogP) is 3.65. The van der Waals surface area contributed by atoms with E-state index in [9.17, 15) is 18.3 Å². The third-order valence-electron chi connectivity index (χ3n) is 2.85. The van der Waals surface area contributed by atoms with Gasteiger partial charge in [0.25, 0.3) is 0 Å². The Morgan fingerprint density at radius 2 is 2.00 bits per heavy atom. The molecule has 21 heavy (non-hydrogen) atoms. The molecule has 0 aliphatic rings. The Hall–Kier alpha value is -1.31. The molecule has 0 aliphatic heterocycles. The highest BCUT2D eigenvalue weighted by Gasteiger charge is 2.32. The number of pyridine rings is 1. The minimum atomic E-state index is -4.53. The summed E-state index contributed by atoms with van der Waals surface area (Å²) in [6.45, 7) is 1.48. The van der Waals surface area contributed by atoms with Gasteiger partial charge >= 0.3 is 6.18 Å². The summed E-state index contributed by atoms with van der Waals surface area (Å²) < 4.78 is 38.9. The molecular formula is C12H10Cl2F3N3O. The van der Waals surface area contributed by atoms with Crippen molar-refractivity contribution >= 4 is 23.2 Å². The molecule has 0 spiro atoms. The molecule has 2 aromatic heterocycles. The van der Waals surface area contributed by atoms with Crippen LogP contribution in [0.2, 0.25) is 10.2 Å². The van der Waals surface area contributed by atoms with Crippen molar-refractivity contribution < 1.29 is 18.3 Å². The third kappa shape index (κ3) is 3.00. The summed E-state index contributed by atoms with van der Waals surface area (Å²) in [6, 6.07) is 0.756. The summed E-state index contributed by atoms with van der Waals surface area (Å²) in [7, 11) is 0. The first-order chi connectivity index (χ1) is 9.79. The summed E-state index contributed by atoms with van der Waals surface area (Å²) in [6.07, 6.45) is -3.38. The molecule has 2 heterocycles. The minimum Gasteiger partial charge on any atom is -0.391 e. The quantitative estimate of drug-likeness (QED) is 0.928. The van der Waals surface area contributed by atoms with Crippen LogP contribution in [0.15, 0.2) is 12.3 Å². The summed E-state index contributed by atoms with van der Waals surface area (Å²) in [5.74, 6) is -0.0240. The first kappa shape index (κ1) is 16.1. The van der Waals surface area contributed by atoms with Gasteiger partial charge in [0.15, 0.2) is 5.82 Å². The van der Waals surface area contributed by atoms with E-state index in [2.05, 4.69) is 10.1 Å². The van der Waals surface area contributed by atoms with Crippen LogP contribution in [-0.2, 0) is 19.2 Å². The number of hydrogen-bond donors (Lipinski definition) is 1. The van der Waals surface area contributed by atoms with E-state index >= 15 is 0 Å². The zero-order valence-corrected chi connectivity index (χ0v) is 12.3. The SMILES string of the molecule is CCc1nn(-c2ncc(C(F)(F)F)cc2Cl)c(Cl)c1CO. The van der Waals surface area contributed by atoms with Crippen LogP contribution in [0.25, 0.3) is 5.82 Å². The fourth-order valence-corrected chi connectivity index (χ4v) is 2.33. The number of rotatable bonds is 3. The van der Waals surface area contributed by atoms with Gasteiger partial charge in [-0.15, -0.1) is 0 Å². The highest BCUT2D eigenvalue weighted by atomic mass is 35.5. The number of halogens is 5. The molecule has 114 valence electrons. The summed E-state index contributed by atoms with van der Waals surface area (Å²) in [5.41, 5.74) is -0.0326. The Bertz CT molecular complexity index is 670. The number of aliphatic hydroxyl groups is 1. The average Bonchev–Trinajstić information content (AvgIpc) is 2.73. The molecule has 4 nitrogen and oxygen atoms in total. The average molecular weight is 340 g/mol. The normalized spacial score (nSPS) is 12.0. The Kier molecular flexibility index (Phi) is 4.46. The molecule has 0 aliphatic carbocycles. The van der Waals surface area contributed by atoms with Crippen molar-refractivity contribution in [2.75, 3.05) is 0 Å². The highest BCUT2D eigenvalue weighted by molar-refractivity contribution is 6.33. The van der Waals surface area contributed by atoms with E-state index < -0.39 is 11.7 Å². The number of alkyl halides is 3. The van der Waals surface area contributed by atoms with E-state index in [0.29, 0.717) is 23.9 Å². The number of hydrogen-bond acceptors (Lipinski definition) is 3. The van der Waals surface area contributed by atoms with Crippen LogP contribution in [0.4, 0.5) is 13.2 Å². The first-order valence-corrected chi connectivity index (χ1v) is 6.65. The molecular weight excluding hydrogens is 330 g/mol. The Morgan fingerprint density at radius 1 is 1.33 bits per heavy atom. The maximum atomic E-state index is 12.6. The molecule has 2 aromatic rings.